The van der Waals surface area contributed by atoms with Crippen LogP contribution in [0.2, 0.25) is 0 Å². The highest BCUT2D eigenvalue weighted by molar-refractivity contribution is 7.25. The Labute approximate surface area is 91.0 Å². The first-order valence-corrected chi connectivity index (χ1v) is 5.65. The van der Waals surface area contributed by atoms with E-state index in [0.717, 1.165) is 20.2 Å². The van der Waals surface area contributed by atoms with Gasteiger partial charge in [-0.3, -0.25) is 0 Å². The Morgan fingerprint density at radius 3 is 2.80 bits per heavy atom. The lowest BCUT2D eigenvalue weighted by atomic mass is 10.1. The zero-order valence-corrected chi connectivity index (χ0v) is 9.07. The maximum atomic E-state index is 13.5. The number of benzene rings is 2. The summed E-state index contributed by atoms with van der Waals surface area (Å²) >= 11 is 1.53. The molecule has 15 heavy (non-hydrogen) atoms. The summed E-state index contributed by atoms with van der Waals surface area (Å²) in [6.07, 6.45) is 0. The number of fused-ring (bicyclic) bond motifs is 3. The van der Waals surface area contributed by atoms with Gasteiger partial charge in [0.25, 0.3) is 0 Å². The zero-order valence-electron chi connectivity index (χ0n) is 8.25. The molecule has 0 unspecified atom stereocenters. The van der Waals surface area contributed by atoms with Crippen LogP contribution in [0, 0.1) is 12.7 Å². The number of halogens is 1. The van der Waals surface area contributed by atoms with E-state index in [0.29, 0.717) is 0 Å². The average Bonchev–Trinajstić information content (AvgIpc) is 2.57. The smallest absolute Gasteiger partial charge is 0.141 e. The number of aryl methyl sites for hydroxylation is 1. The SMILES string of the molecule is Cc1ccc2c(c1)sc1c(F)cccc12. The molecule has 0 aliphatic carbocycles. The first-order valence-electron chi connectivity index (χ1n) is 4.83. The summed E-state index contributed by atoms with van der Waals surface area (Å²) in [5.41, 5.74) is 1.22. The number of hydrogen-bond donors (Lipinski definition) is 0. The van der Waals surface area contributed by atoms with Crippen LogP contribution in [0.4, 0.5) is 4.39 Å². The molecule has 3 aromatic rings. The standard InChI is InChI=1S/C13H9FS/c1-8-5-6-9-10-3-2-4-11(14)13(10)15-12(9)7-8/h2-7H,1H3. The molecule has 0 amide bonds. The van der Waals surface area contributed by atoms with Gasteiger partial charge in [-0.15, -0.1) is 11.3 Å². The average molecular weight is 216 g/mol. The van der Waals surface area contributed by atoms with E-state index in [9.17, 15) is 4.39 Å². The van der Waals surface area contributed by atoms with Crippen molar-refractivity contribution in [1.82, 2.24) is 0 Å². The molecule has 0 fully saturated rings. The topological polar surface area (TPSA) is 0 Å². The molecule has 0 bridgehead atoms. The molecule has 0 saturated heterocycles. The molecule has 0 nitrogen and oxygen atoms in total. The minimum atomic E-state index is -0.119. The monoisotopic (exact) mass is 216 g/mol. The van der Waals surface area contributed by atoms with Gasteiger partial charge < -0.3 is 0 Å². The summed E-state index contributed by atoms with van der Waals surface area (Å²) in [5.74, 6) is -0.119. The maximum Gasteiger partial charge on any atom is 0.141 e. The van der Waals surface area contributed by atoms with Crippen molar-refractivity contribution in [1.29, 1.82) is 0 Å². The maximum absolute atomic E-state index is 13.5. The van der Waals surface area contributed by atoms with Gasteiger partial charge in [0.15, 0.2) is 0 Å². The molecule has 3 rings (SSSR count). The Bertz CT molecular complexity index is 652. The molecular weight excluding hydrogens is 207 g/mol. The van der Waals surface area contributed by atoms with Gasteiger partial charge >= 0.3 is 0 Å². The van der Waals surface area contributed by atoms with Gasteiger partial charge in [-0.05, 0) is 24.6 Å². The minimum Gasteiger partial charge on any atom is -0.205 e. The van der Waals surface area contributed by atoms with Crippen molar-refractivity contribution in [2.45, 2.75) is 6.92 Å². The van der Waals surface area contributed by atoms with Crippen LogP contribution in [-0.4, -0.2) is 0 Å². The van der Waals surface area contributed by atoms with Crippen molar-refractivity contribution >= 4 is 31.5 Å². The summed E-state index contributed by atoms with van der Waals surface area (Å²) in [6, 6.07) is 11.5. The van der Waals surface area contributed by atoms with E-state index >= 15 is 0 Å². The Morgan fingerprint density at radius 2 is 1.93 bits per heavy atom. The van der Waals surface area contributed by atoms with Gasteiger partial charge in [-0.25, -0.2) is 4.39 Å². The van der Waals surface area contributed by atoms with Crippen LogP contribution in [0.3, 0.4) is 0 Å². The predicted molar refractivity (Wildman–Crippen MR) is 64.0 cm³/mol. The van der Waals surface area contributed by atoms with Crippen LogP contribution >= 0.6 is 11.3 Å². The molecule has 1 aromatic heterocycles. The summed E-state index contributed by atoms with van der Waals surface area (Å²) in [7, 11) is 0. The van der Waals surface area contributed by atoms with E-state index in [1.54, 1.807) is 6.07 Å². The van der Waals surface area contributed by atoms with Crippen LogP contribution in [0.15, 0.2) is 36.4 Å². The minimum absolute atomic E-state index is 0.119. The third kappa shape index (κ3) is 1.25. The Morgan fingerprint density at radius 1 is 1.07 bits per heavy atom. The molecule has 1 heterocycles. The summed E-state index contributed by atoms with van der Waals surface area (Å²) in [5, 5.41) is 2.18. The normalized spacial score (nSPS) is 11.3. The highest BCUT2D eigenvalue weighted by Crippen LogP contribution is 2.35. The fraction of sp³-hybridized carbons (Fsp3) is 0.0769. The Balaban J connectivity index is 2.57. The van der Waals surface area contributed by atoms with Crippen molar-refractivity contribution in [3.05, 3.63) is 47.8 Å². The lowest BCUT2D eigenvalue weighted by Gasteiger charge is -1.93. The quantitative estimate of drug-likeness (QED) is 0.519. The van der Waals surface area contributed by atoms with Crippen molar-refractivity contribution in [3.63, 3.8) is 0 Å². The third-order valence-corrected chi connectivity index (χ3v) is 3.78. The van der Waals surface area contributed by atoms with Gasteiger partial charge in [0.2, 0.25) is 0 Å². The van der Waals surface area contributed by atoms with Gasteiger partial charge in [0.05, 0.1) is 4.70 Å². The van der Waals surface area contributed by atoms with Crippen molar-refractivity contribution < 1.29 is 4.39 Å². The van der Waals surface area contributed by atoms with Crippen molar-refractivity contribution in [3.8, 4) is 0 Å². The Hall–Kier alpha value is -1.41. The predicted octanol–water partition coefficient (Wildman–Crippen LogP) is 4.50. The number of rotatable bonds is 0. The second-order valence-corrected chi connectivity index (χ2v) is 4.77. The highest BCUT2D eigenvalue weighted by atomic mass is 32.1. The van der Waals surface area contributed by atoms with E-state index in [-0.39, 0.29) is 5.82 Å². The van der Waals surface area contributed by atoms with E-state index < -0.39 is 0 Å². The van der Waals surface area contributed by atoms with Crippen LogP contribution < -0.4 is 0 Å². The fourth-order valence-corrected chi connectivity index (χ4v) is 3.08. The van der Waals surface area contributed by atoms with Gasteiger partial charge in [-0.2, -0.15) is 0 Å². The summed E-state index contributed by atoms with van der Waals surface area (Å²) in [4.78, 5) is 0. The van der Waals surface area contributed by atoms with Crippen LogP contribution in [0.5, 0.6) is 0 Å². The molecule has 0 radical (unpaired) electrons. The molecule has 74 valence electrons. The largest absolute Gasteiger partial charge is 0.205 e. The molecule has 0 aliphatic rings. The van der Waals surface area contributed by atoms with Crippen molar-refractivity contribution in [2.24, 2.45) is 0 Å². The highest BCUT2D eigenvalue weighted by Gasteiger charge is 2.07. The van der Waals surface area contributed by atoms with Gasteiger partial charge in [0.1, 0.15) is 5.82 Å². The molecule has 2 aromatic carbocycles. The molecule has 0 saturated carbocycles. The summed E-state index contributed by atoms with van der Waals surface area (Å²) < 4.78 is 15.5. The van der Waals surface area contributed by atoms with Crippen LogP contribution in [0.1, 0.15) is 5.56 Å². The molecule has 0 N–H and O–H groups in total. The van der Waals surface area contributed by atoms with E-state index in [2.05, 4.69) is 25.1 Å². The number of thiophene rings is 1. The van der Waals surface area contributed by atoms with E-state index in [1.165, 1.54) is 23.0 Å². The number of hydrogen-bond acceptors (Lipinski definition) is 1. The van der Waals surface area contributed by atoms with E-state index in [1.807, 2.05) is 6.07 Å². The lowest BCUT2D eigenvalue weighted by Crippen LogP contribution is -1.72. The second kappa shape index (κ2) is 3.04. The molecule has 2 heteroatoms. The molecule has 0 aliphatic heterocycles. The van der Waals surface area contributed by atoms with E-state index in [4.69, 9.17) is 0 Å². The fourth-order valence-electron chi connectivity index (χ4n) is 1.87. The first-order chi connectivity index (χ1) is 7.25. The molecular formula is C13H9FS. The molecule has 0 atom stereocenters. The first kappa shape index (κ1) is 8.86. The zero-order chi connectivity index (χ0) is 10.4. The Kier molecular flexibility index (Phi) is 1.80. The summed E-state index contributed by atoms with van der Waals surface area (Å²) in [6.45, 7) is 2.06. The van der Waals surface area contributed by atoms with Gasteiger partial charge in [0, 0.05) is 15.5 Å². The second-order valence-electron chi connectivity index (χ2n) is 3.72. The van der Waals surface area contributed by atoms with Gasteiger partial charge in [-0.1, -0.05) is 24.3 Å². The lowest BCUT2D eigenvalue weighted by molar-refractivity contribution is 0.642. The van der Waals surface area contributed by atoms with Crippen LogP contribution in [-0.2, 0) is 0 Å². The third-order valence-electron chi connectivity index (χ3n) is 2.61. The molecule has 0 spiro atoms. The van der Waals surface area contributed by atoms with Crippen LogP contribution in [0.25, 0.3) is 20.2 Å². The van der Waals surface area contributed by atoms with Crippen molar-refractivity contribution in [2.75, 3.05) is 0 Å².